The average molecular weight is 327 g/mol. The summed E-state index contributed by atoms with van der Waals surface area (Å²) in [6, 6.07) is 15.7. The van der Waals surface area contributed by atoms with Crippen LogP contribution in [-0.4, -0.2) is 19.7 Å². The van der Waals surface area contributed by atoms with Crippen LogP contribution < -0.4 is 14.8 Å². The first-order valence-corrected chi connectivity index (χ1v) is 8.38. The van der Waals surface area contributed by atoms with Crippen LogP contribution in [0.2, 0.25) is 0 Å². The van der Waals surface area contributed by atoms with Crippen molar-refractivity contribution >= 4 is 6.09 Å². The van der Waals surface area contributed by atoms with E-state index < -0.39 is 6.09 Å². The molecule has 128 valence electrons. The van der Waals surface area contributed by atoms with Gasteiger partial charge >= 0.3 is 6.09 Å². The molecular formula is C20H25NO3. The zero-order valence-corrected chi connectivity index (χ0v) is 14.5. The van der Waals surface area contributed by atoms with E-state index >= 15 is 0 Å². The highest BCUT2D eigenvalue weighted by Gasteiger charge is 2.16. The van der Waals surface area contributed by atoms with Crippen LogP contribution in [0, 0.1) is 0 Å². The van der Waals surface area contributed by atoms with Gasteiger partial charge in [-0.2, -0.15) is 0 Å². The highest BCUT2D eigenvalue weighted by molar-refractivity contribution is 5.70. The third-order valence-electron chi connectivity index (χ3n) is 3.93. The molecule has 0 aliphatic carbocycles. The molecule has 0 saturated heterocycles. The molecule has 24 heavy (non-hydrogen) atoms. The molecule has 4 heteroatoms. The first-order chi connectivity index (χ1) is 11.7. The van der Waals surface area contributed by atoms with Crippen molar-refractivity contribution in [3.63, 3.8) is 0 Å². The number of benzene rings is 2. The van der Waals surface area contributed by atoms with Crippen molar-refractivity contribution in [2.75, 3.05) is 13.7 Å². The van der Waals surface area contributed by atoms with E-state index in [0.29, 0.717) is 12.3 Å². The Morgan fingerprint density at radius 3 is 2.42 bits per heavy atom. The van der Waals surface area contributed by atoms with Crippen molar-refractivity contribution in [2.45, 2.75) is 32.6 Å². The zero-order chi connectivity index (χ0) is 17.4. The van der Waals surface area contributed by atoms with Crippen LogP contribution in [0.5, 0.6) is 11.5 Å². The summed E-state index contributed by atoms with van der Waals surface area (Å²) >= 11 is 0. The molecule has 1 atom stereocenters. The lowest BCUT2D eigenvalue weighted by Gasteiger charge is -2.19. The van der Waals surface area contributed by atoms with Crippen LogP contribution in [0.1, 0.15) is 43.7 Å². The maximum Gasteiger partial charge on any atom is 0.412 e. The fraction of sp³-hybridized carbons (Fsp3) is 0.350. The van der Waals surface area contributed by atoms with Gasteiger partial charge in [-0.3, -0.25) is 0 Å². The lowest BCUT2D eigenvalue weighted by Crippen LogP contribution is -2.27. The van der Waals surface area contributed by atoms with Crippen molar-refractivity contribution < 1.29 is 14.3 Å². The SMILES string of the molecule is CCCNC(=O)Oc1ccc(C(CC)c2ccccc2OC)cc1. The Kier molecular flexibility index (Phi) is 6.67. The summed E-state index contributed by atoms with van der Waals surface area (Å²) in [7, 11) is 1.69. The van der Waals surface area contributed by atoms with E-state index in [-0.39, 0.29) is 5.92 Å². The van der Waals surface area contributed by atoms with Gasteiger partial charge in [-0.15, -0.1) is 0 Å². The van der Waals surface area contributed by atoms with Crippen LogP contribution in [0.15, 0.2) is 48.5 Å². The van der Waals surface area contributed by atoms with E-state index in [1.54, 1.807) is 7.11 Å². The summed E-state index contributed by atoms with van der Waals surface area (Å²) in [5, 5.41) is 2.69. The number of para-hydroxylation sites is 1. The summed E-state index contributed by atoms with van der Waals surface area (Å²) in [5.41, 5.74) is 2.33. The molecule has 0 spiro atoms. The van der Waals surface area contributed by atoms with Crippen LogP contribution in [0.3, 0.4) is 0 Å². The molecule has 0 radical (unpaired) electrons. The quantitative estimate of drug-likeness (QED) is 0.799. The van der Waals surface area contributed by atoms with E-state index in [1.807, 2.05) is 49.4 Å². The topological polar surface area (TPSA) is 47.6 Å². The molecule has 0 bridgehead atoms. The molecule has 0 fully saturated rings. The molecule has 2 aromatic carbocycles. The van der Waals surface area contributed by atoms with Crippen molar-refractivity contribution in [1.29, 1.82) is 0 Å². The number of amides is 1. The Balaban J connectivity index is 2.14. The van der Waals surface area contributed by atoms with Crippen LogP contribution in [0.4, 0.5) is 4.79 Å². The second kappa shape index (κ2) is 8.96. The lowest BCUT2D eigenvalue weighted by molar-refractivity contribution is 0.200. The summed E-state index contributed by atoms with van der Waals surface area (Å²) < 4.78 is 10.7. The average Bonchev–Trinajstić information content (AvgIpc) is 2.62. The first-order valence-electron chi connectivity index (χ1n) is 8.38. The van der Waals surface area contributed by atoms with E-state index in [2.05, 4.69) is 18.3 Å². The third-order valence-corrected chi connectivity index (χ3v) is 3.93. The molecule has 2 rings (SSSR count). The predicted molar refractivity (Wildman–Crippen MR) is 95.9 cm³/mol. The summed E-state index contributed by atoms with van der Waals surface area (Å²) in [5.74, 6) is 1.68. The van der Waals surface area contributed by atoms with Gasteiger partial charge in [0, 0.05) is 18.0 Å². The van der Waals surface area contributed by atoms with Crippen molar-refractivity contribution in [1.82, 2.24) is 5.32 Å². The van der Waals surface area contributed by atoms with Gasteiger partial charge in [0.2, 0.25) is 0 Å². The fourth-order valence-electron chi connectivity index (χ4n) is 2.73. The molecule has 0 heterocycles. The Morgan fingerprint density at radius 2 is 1.79 bits per heavy atom. The number of rotatable bonds is 7. The maximum atomic E-state index is 11.6. The second-order valence-corrected chi connectivity index (χ2v) is 5.59. The Bertz CT molecular complexity index is 652. The zero-order valence-electron chi connectivity index (χ0n) is 14.5. The third kappa shape index (κ3) is 4.51. The van der Waals surface area contributed by atoms with Gasteiger partial charge in [-0.1, -0.05) is 44.2 Å². The number of carbonyl (C=O) groups is 1. The normalized spacial score (nSPS) is 11.6. The van der Waals surface area contributed by atoms with Gasteiger partial charge in [0.1, 0.15) is 11.5 Å². The van der Waals surface area contributed by atoms with Crippen LogP contribution in [-0.2, 0) is 0 Å². The van der Waals surface area contributed by atoms with Gasteiger partial charge in [0.25, 0.3) is 0 Å². The first kappa shape index (κ1) is 17.9. The molecule has 1 amide bonds. The van der Waals surface area contributed by atoms with E-state index in [1.165, 1.54) is 5.56 Å². The molecular weight excluding hydrogens is 302 g/mol. The number of hydrogen-bond acceptors (Lipinski definition) is 3. The van der Waals surface area contributed by atoms with Crippen molar-refractivity contribution in [3.05, 3.63) is 59.7 Å². The monoisotopic (exact) mass is 327 g/mol. The Morgan fingerprint density at radius 1 is 1.08 bits per heavy atom. The maximum absolute atomic E-state index is 11.6. The fourth-order valence-corrected chi connectivity index (χ4v) is 2.73. The van der Waals surface area contributed by atoms with Crippen molar-refractivity contribution in [2.24, 2.45) is 0 Å². The van der Waals surface area contributed by atoms with Gasteiger partial charge in [0.05, 0.1) is 7.11 Å². The molecule has 0 saturated carbocycles. The largest absolute Gasteiger partial charge is 0.496 e. The van der Waals surface area contributed by atoms with Crippen LogP contribution in [0.25, 0.3) is 0 Å². The van der Waals surface area contributed by atoms with E-state index in [0.717, 1.165) is 24.2 Å². The molecule has 1 unspecified atom stereocenters. The summed E-state index contributed by atoms with van der Waals surface area (Å²) in [6.45, 7) is 4.76. The van der Waals surface area contributed by atoms with Gasteiger partial charge < -0.3 is 14.8 Å². The molecule has 2 aromatic rings. The standard InChI is InChI=1S/C20H25NO3/c1-4-14-21-20(22)24-16-12-10-15(11-13-16)17(5-2)18-8-6-7-9-19(18)23-3/h6-13,17H,4-5,14H2,1-3H3,(H,21,22). The molecule has 1 N–H and O–H groups in total. The highest BCUT2D eigenvalue weighted by Crippen LogP contribution is 2.34. The van der Waals surface area contributed by atoms with Gasteiger partial charge in [-0.05, 0) is 36.6 Å². The Hall–Kier alpha value is -2.49. The number of ether oxygens (including phenoxy) is 2. The second-order valence-electron chi connectivity index (χ2n) is 5.59. The predicted octanol–water partition coefficient (Wildman–Crippen LogP) is 4.74. The van der Waals surface area contributed by atoms with E-state index in [9.17, 15) is 4.79 Å². The smallest absolute Gasteiger partial charge is 0.412 e. The number of nitrogens with one attached hydrogen (secondary N) is 1. The summed E-state index contributed by atoms with van der Waals surface area (Å²) in [6.07, 6.45) is 1.42. The number of methoxy groups -OCH3 is 1. The Labute approximate surface area is 143 Å². The molecule has 0 aliphatic rings. The minimum absolute atomic E-state index is 0.240. The number of carbonyl (C=O) groups excluding carboxylic acids is 1. The minimum atomic E-state index is -0.415. The lowest BCUT2D eigenvalue weighted by atomic mass is 9.88. The molecule has 4 nitrogen and oxygen atoms in total. The summed E-state index contributed by atoms with van der Waals surface area (Å²) in [4.78, 5) is 11.6. The van der Waals surface area contributed by atoms with E-state index in [4.69, 9.17) is 9.47 Å². The molecule has 0 aliphatic heterocycles. The van der Waals surface area contributed by atoms with Crippen molar-refractivity contribution in [3.8, 4) is 11.5 Å². The van der Waals surface area contributed by atoms with Crippen LogP contribution >= 0.6 is 0 Å². The highest BCUT2D eigenvalue weighted by atomic mass is 16.6. The minimum Gasteiger partial charge on any atom is -0.496 e. The number of hydrogen-bond donors (Lipinski definition) is 1. The van der Waals surface area contributed by atoms with Gasteiger partial charge in [0.15, 0.2) is 0 Å². The molecule has 0 aromatic heterocycles. The van der Waals surface area contributed by atoms with Gasteiger partial charge in [-0.25, -0.2) is 4.79 Å².